The molecule has 0 aromatic heterocycles. The molecule has 2 unspecified atom stereocenters. The third-order valence-corrected chi connectivity index (χ3v) is 5.30. The summed E-state index contributed by atoms with van der Waals surface area (Å²) in [5.74, 6) is -0.157. The van der Waals surface area contributed by atoms with Crippen LogP contribution in [0.1, 0.15) is 29.1 Å². The van der Waals surface area contributed by atoms with E-state index in [1.165, 1.54) is 5.06 Å². The molecule has 4 nitrogen and oxygen atoms in total. The Bertz CT molecular complexity index is 1130. The first-order valence-electron chi connectivity index (χ1n) is 9.80. The highest BCUT2D eigenvalue weighted by Crippen LogP contribution is 2.37. The molecule has 4 heteroatoms. The first kappa shape index (κ1) is 17.9. The van der Waals surface area contributed by atoms with Crippen LogP contribution in [-0.2, 0) is 9.57 Å². The molecule has 144 valence electrons. The molecule has 1 aliphatic heterocycles. The molecule has 1 fully saturated rings. The van der Waals surface area contributed by atoms with Crippen LogP contribution >= 0.6 is 0 Å². The molecule has 4 aromatic carbocycles. The highest BCUT2D eigenvalue weighted by molar-refractivity contribution is 6.02. The minimum atomic E-state index is -0.664. The van der Waals surface area contributed by atoms with Crippen molar-refractivity contribution in [1.29, 1.82) is 0 Å². The molecule has 1 saturated heterocycles. The molecule has 0 N–H and O–H groups in total. The Morgan fingerprint density at radius 1 is 0.862 bits per heavy atom. The van der Waals surface area contributed by atoms with Crippen LogP contribution in [0, 0.1) is 0 Å². The van der Waals surface area contributed by atoms with E-state index in [1.54, 1.807) is 12.1 Å². The number of hydrogen-bond donors (Lipinski definition) is 0. The van der Waals surface area contributed by atoms with Gasteiger partial charge in [-0.25, -0.2) is 9.90 Å². The van der Waals surface area contributed by atoms with E-state index in [0.717, 1.165) is 27.1 Å². The number of carbonyl (C=O) groups is 1. The molecule has 1 aliphatic rings. The molecule has 1 heterocycles. The molecular weight excluding hydrogens is 362 g/mol. The van der Waals surface area contributed by atoms with Crippen molar-refractivity contribution in [3.8, 4) is 0 Å². The van der Waals surface area contributed by atoms with Crippen molar-refractivity contribution in [2.45, 2.75) is 19.3 Å². The normalized spacial score (nSPS) is 19.6. The van der Waals surface area contributed by atoms with Crippen molar-refractivity contribution in [2.24, 2.45) is 0 Å². The molecular formula is C25H21NO3. The molecule has 0 spiro atoms. The largest absolute Gasteiger partial charge is 0.341 e. The minimum absolute atomic E-state index is 0.154. The topological polar surface area (TPSA) is 38.8 Å². The first-order chi connectivity index (χ1) is 14.2. The molecule has 5 rings (SSSR count). The van der Waals surface area contributed by atoms with E-state index in [9.17, 15) is 4.79 Å². The fourth-order valence-electron chi connectivity index (χ4n) is 3.95. The van der Waals surface area contributed by atoms with Crippen LogP contribution in [0.2, 0.25) is 0 Å². The van der Waals surface area contributed by atoms with E-state index in [4.69, 9.17) is 9.57 Å². The van der Waals surface area contributed by atoms with Crippen molar-refractivity contribution in [1.82, 2.24) is 5.06 Å². The van der Waals surface area contributed by atoms with Crippen molar-refractivity contribution >= 4 is 27.5 Å². The van der Waals surface area contributed by atoms with E-state index in [1.807, 2.05) is 49.4 Å². The molecule has 0 saturated carbocycles. The summed E-state index contributed by atoms with van der Waals surface area (Å²) >= 11 is 0. The molecule has 2 atom stereocenters. The average Bonchev–Trinajstić information content (AvgIpc) is 2.77. The van der Waals surface area contributed by atoms with E-state index in [2.05, 4.69) is 30.3 Å². The van der Waals surface area contributed by atoms with Gasteiger partial charge in [0.1, 0.15) is 0 Å². The third kappa shape index (κ3) is 3.27. The molecule has 4 aromatic rings. The highest BCUT2D eigenvalue weighted by Gasteiger charge is 2.33. The van der Waals surface area contributed by atoms with Gasteiger partial charge in [-0.1, -0.05) is 66.7 Å². The summed E-state index contributed by atoms with van der Waals surface area (Å²) in [5.41, 5.74) is 1.55. The van der Waals surface area contributed by atoms with Gasteiger partial charge in [0.05, 0.1) is 12.6 Å². The van der Waals surface area contributed by atoms with Gasteiger partial charge in [-0.3, -0.25) is 4.79 Å². The summed E-state index contributed by atoms with van der Waals surface area (Å²) in [6.07, 6.45) is -0.818. The zero-order valence-corrected chi connectivity index (χ0v) is 16.1. The number of hydrogen-bond acceptors (Lipinski definition) is 3. The maximum absolute atomic E-state index is 13.0. The van der Waals surface area contributed by atoms with Gasteiger partial charge in [0.2, 0.25) is 6.29 Å². The number of rotatable bonds is 2. The van der Waals surface area contributed by atoms with Gasteiger partial charge in [0.25, 0.3) is 5.91 Å². The van der Waals surface area contributed by atoms with Crippen molar-refractivity contribution < 1.29 is 14.4 Å². The Labute approximate surface area is 169 Å². The van der Waals surface area contributed by atoms with Gasteiger partial charge in [-0.05, 0) is 46.7 Å². The lowest BCUT2D eigenvalue weighted by Crippen LogP contribution is -2.44. The second-order valence-electron chi connectivity index (χ2n) is 7.35. The number of fused-ring (bicyclic) bond motifs is 2. The Hall–Kier alpha value is -3.21. The Balaban J connectivity index is 1.61. The summed E-state index contributed by atoms with van der Waals surface area (Å²) in [5, 5.41) is 5.81. The Kier molecular flexibility index (Phi) is 4.51. The monoisotopic (exact) mass is 383 g/mol. The summed E-state index contributed by atoms with van der Waals surface area (Å²) in [6, 6.07) is 27.8. The quantitative estimate of drug-likeness (QED) is 0.430. The molecule has 0 aliphatic carbocycles. The van der Waals surface area contributed by atoms with Crippen molar-refractivity contribution in [3.63, 3.8) is 0 Å². The number of nitrogens with zero attached hydrogens (tertiary/aromatic N) is 1. The highest BCUT2D eigenvalue weighted by atomic mass is 16.8. The molecule has 0 bridgehead atoms. The minimum Gasteiger partial charge on any atom is -0.341 e. The van der Waals surface area contributed by atoms with E-state index in [0.29, 0.717) is 12.1 Å². The Morgan fingerprint density at radius 3 is 2.10 bits per heavy atom. The summed E-state index contributed by atoms with van der Waals surface area (Å²) < 4.78 is 6.19. The average molecular weight is 383 g/mol. The second kappa shape index (κ2) is 7.32. The lowest BCUT2D eigenvalue weighted by atomic mass is 9.96. The van der Waals surface area contributed by atoms with Crippen LogP contribution in [0.15, 0.2) is 84.9 Å². The predicted molar refractivity (Wildman–Crippen MR) is 113 cm³/mol. The van der Waals surface area contributed by atoms with Gasteiger partial charge in [-0.2, -0.15) is 0 Å². The van der Waals surface area contributed by atoms with E-state index < -0.39 is 6.29 Å². The van der Waals surface area contributed by atoms with Crippen LogP contribution in [0.4, 0.5) is 0 Å². The SMILES string of the molecule is CC1CN(C(=O)c2ccccc2)OC(c2c3ccccc3cc3ccccc23)O1. The van der Waals surface area contributed by atoms with Crippen LogP contribution in [-0.4, -0.2) is 23.6 Å². The van der Waals surface area contributed by atoms with Crippen LogP contribution in [0.3, 0.4) is 0 Å². The standard InChI is InChI=1S/C25H21NO3/c1-17-16-26(24(27)18-9-3-2-4-10-18)29-25(28-17)23-21-13-7-5-11-19(21)15-20-12-6-8-14-22(20)23/h2-15,17,25H,16H2,1H3. The lowest BCUT2D eigenvalue weighted by Gasteiger charge is -2.36. The fourth-order valence-corrected chi connectivity index (χ4v) is 3.95. The number of amides is 1. The summed E-state index contributed by atoms with van der Waals surface area (Å²) in [6.45, 7) is 2.35. The number of benzene rings is 4. The zero-order chi connectivity index (χ0) is 19.8. The predicted octanol–water partition coefficient (Wildman–Crippen LogP) is 5.48. The maximum Gasteiger partial charge on any atom is 0.277 e. The second-order valence-corrected chi connectivity index (χ2v) is 7.35. The molecule has 1 amide bonds. The first-order valence-corrected chi connectivity index (χ1v) is 9.80. The maximum atomic E-state index is 13.0. The van der Waals surface area contributed by atoms with E-state index >= 15 is 0 Å². The smallest absolute Gasteiger partial charge is 0.277 e. The number of ether oxygens (including phenoxy) is 1. The third-order valence-electron chi connectivity index (χ3n) is 5.30. The Morgan fingerprint density at radius 2 is 1.45 bits per heavy atom. The number of carbonyl (C=O) groups excluding carboxylic acids is 1. The van der Waals surface area contributed by atoms with Crippen molar-refractivity contribution in [2.75, 3.05) is 6.54 Å². The zero-order valence-electron chi connectivity index (χ0n) is 16.1. The van der Waals surface area contributed by atoms with Crippen molar-refractivity contribution in [3.05, 3.63) is 96.1 Å². The van der Waals surface area contributed by atoms with Gasteiger partial charge < -0.3 is 4.74 Å². The summed E-state index contributed by atoms with van der Waals surface area (Å²) in [4.78, 5) is 19.1. The van der Waals surface area contributed by atoms with Gasteiger partial charge in [0, 0.05) is 11.1 Å². The number of hydroxylamine groups is 2. The fraction of sp³-hybridized carbons (Fsp3) is 0.160. The van der Waals surface area contributed by atoms with E-state index in [-0.39, 0.29) is 12.0 Å². The summed E-state index contributed by atoms with van der Waals surface area (Å²) in [7, 11) is 0. The van der Waals surface area contributed by atoms with Gasteiger partial charge in [0.15, 0.2) is 0 Å². The van der Waals surface area contributed by atoms with Crippen LogP contribution in [0.25, 0.3) is 21.5 Å². The van der Waals surface area contributed by atoms with Gasteiger partial charge >= 0.3 is 0 Å². The van der Waals surface area contributed by atoms with Gasteiger partial charge in [-0.15, -0.1) is 0 Å². The van der Waals surface area contributed by atoms with Crippen LogP contribution in [0.5, 0.6) is 0 Å². The molecule has 29 heavy (non-hydrogen) atoms. The van der Waals surface area contributed by atoms with Crippen LogP contribution < -0.4 is 0 Å². The lowest BCUT2D eigenvalue weighted by molar-refractivity contribution is -0.319. The molecule has 0 radical (unpaired) electrons.